The molecule has 1 aliphatic carbocycles. The molecule has 2 fully saturated rings. The second kappa shape index (κ2) is 4.41. The summed E-state index contributed by atoms with van der Waals surface area (Å²) in [5.41, 5.74) is 1.16. The van der Waals surface area contributed by atoms with Gasteiger partial charge in [-0.25, -0.2) is 15.0 Å². The van der Waals surface area contributed by atoms with Gasteiger partial charge in [0.1, 0.15) is 11.8 Å². The third-order valence-electron chi connectivity index (χ3n) is 4.93. The summed E-state index contributed by atoms with van der Waals surface area (Å²) in [5, 5.41) is 10.7. The number of aromatic amines is 1. The van der Waals surface area contributed by atoms with Gasteiger partial charge in [-0.15, -0.1) is 0 Å². The van der Waals surface area contributed by atoms with E-state index in [1.807, 2.05) is 0 Å². The van der Waals surface area contributed by atoms with Crippen LogP contribution in [0.25, 0.3) is 11.2 Å². The van der Waals surface area contributed by atoms with Crippen molar-refractivity contribution >= 4 is 17.0 Å². The Morgan fingerprint density at radius 3 is 3.15 bits per heavy atom. The van der Waals surface area contributed by atoms with E-state index in [2.05, 4.69) is 24.8 Å². The Bertz CT molecular complexity index is 627. The fourth-order valence-electron chi connectivity index (χ4n) is 3.76. The zero-order chi connectivity index (χ0) is 13.6. The van der Waals surface area contributed by atoms with Crippen LogP contribution < -0.4 is 4.90 Å². The van der Waals surface area contributed by atoms with Crippen molar-refractivity contribution in [3.8, 4) is 0 Å². The highest BCUT2D eigenvalue weighted by Crippen LogP contribution is 2.41. The lowest BCUT2D eigenvalue weighted by Gasteiger charge is -2.47. The minimum Gasteiger partial charge on any atom is -0.389 e. The lowest BCUT2D eigenvalue weighted by Crippen LogP contribution is -2.53. The van der Waals surface area contributed by atoms with Crippen molar-refractivity contribution in [3.05, 3.63) is 12.7 Å². The number of anilines is 1. The van der Waals surface area contributed by atoms with Gasteiger partial charge in [0.2, 0.25) is 0 Å². The topological polar surface area (TPSA) is 77.9 Å². The summed E-state index contributed by atoms with van der Waals surface area (Å²) in [5.74, 6) is 1.28. The van der Waals surface area contributed by atoms with Crippen molar-refractivity contribution in [2.75, 3.05) is 18.0 Å². The molecule has 0 spiro atoms. The van der Waals surface area contributed by atoms with Gasteiger partial charge in [-0.1, -0.05) is 12.8 Å². The molecule has 6 heteroatoms. The maximum Gasteiger partial charge on any atom is 0.182 e. The first-order chi connectivity index (χ1) is 9.76. The van der Waals surface area contributed by atoms with E-state index in [9.17, 15) is 5.11 Å². The SMILES string of the molecule is O[C@]12CCCC[C@H]1CN(c1ncnc3nc[nH]c13)CC2. The number of nitrogens with zero attached hydrogens (tertiary/aromatic N) is 4. The number of piperidine rings is 1. The molecule has 2 aromatic rings. The van der Waals surface area contributed by atoms with Crippen LogP contribution >= 0.6 is 0 Å². The molecular formula is C14H19N5O. The average molecular weight is 273 g/mol. The predicted molar refractivity (Wildman–Crippen MR) is 75.4 cm³/mol. The van der Waals surface area contributed by atoms with E-state index >= 15 is 0 Å². The maximum absolute atomic E-state index is 10.7. The number of fused-ring (bicyclic) bond motifs is 2. The van der Waals surface area contributed by atoms with Crippen LogP contribution in [0.1, 0.15) is 32.1 Å². The predicted octanol–water partition coefficient (Wildman–Crippen LogP) is 1.48. The average Bonchev–Trinajstić information content (AvgIpc) is 2.94. The number of aliphatic hydroxyl groups is 1. The first kappa shape index (κ1) is 12.1. The molecule has 0 bridgehead atoms. The van der Waals surface area contributed by atoms with E-state index in [0.717, 1.165) is 50.1 Å². The van der Waals surface area contributed by atoms with Gasteiger partial charge in [-0.3, -0.25) is 0 Å². The van der Waals surface area contributed by atoms with Crippen LogP contribution in [0, 0.1) is 5.92 Å². The minimum atomic E-state index is -0.450. The van der Waals surface area contributed by atoms with Gasteiger partial charge in [0.25, 0.3) is 0 Å². The van der Waals surface area contributed by atoms with E-state index in [0.29, 0.717) is 11.6 Å². The molecule has 0 amide bonds. The number of aromatic nitrogens is 4. The minimum absolute atomic E-state index is 0.359. The number of rotatable bonds is 1. The largest absolute Gasteiger partial charge is 0.389 e. The summed E-state index contributed by atoms with van der Waals surface area (Å²) < 4.78 is 0. The van der Waals surface area contributed by atoms with Crippen molar-refractivity contribution in [1.29, 1.82) is 0 Å². The molecule has 0 aromatic carbocycles. The molecule has 106 valence electrons. The molecule has 3 heterocycles. The Hall–Kier alpha value is -1.69. The van der Waals surface area contributed by atoms with Crippen LogP contribution in [0.2, 0.25) is 0 Å². The number of imidazole rings is 1. The second-order valence-electron chi connectivity index (χ2n) is 6.04. The Morgan fingerprint density at radius 1 is 1.25 bits per heavy atom. The quantitative estimate of drug-likeness (QED) is 0.823. The zero-order valence-corrected chi connectivity index (χ0v) is 11.4. The lowest BCUT2D eigenvalue weighted by atomic mass is 9.71. The summed E-state index contributed by atoms with van der Waals surface area (Å²) >= 11 is 0. The van der Waals surface area contributed by atoms with Crippen molar-refractivity contribution < 1.29 is 5.11 Å². The number of hydrogen-bond acceptors (Lipinski definition) is 5. The Labute approximate surface area is 117 Å². The summed E-state index contributed by atoms with van der Waals surface area (Å²) in [4.78, 5) is 18.2. The van der Waals surface area contributed by atoms with Crippen LogP contribution in [-0.2, 0) is 0 Å². The second-order valence-corrected chi connectivity index (χ2v) is 6.04. The summed E-state index contributed by atoms with van der Waals surface area (Å²) in [6.45, 7) is 1.72. The summed E-state index contributed by atoms with van der Waals surface area (Å²) in [7, 11) is 0. The van der Waals surface area contributed by atoms with Crippen LogP contribution in [0.3, 0.4) is 0 Å². The van der Waals surface area contributed by atoms with Crippen LogP contribution in [0.4, 0.5) is 5.82 Å². The molecule has 20 heavy (non-hydrogen) atoms. The first-order valence-electron chi connectivity index (χ1n) is 7.38. The van der Waals surface area contributed by atoms with Crippen LogP contribution in [0.15, 0.2) is 12.7 Å². The fraction of sp³-hybridized carbons (Fsp3) is 0.643. The lowest BCUT2D eigenvalue weighted by molar-refractivity contribution is -0.0613. The molecule has 2 aromatic heterocycles. The molecule has 0 unspecified atom stereocenters. The monoisotopic (exact) mass is 273 g/mol. The molecule has 1 saturated carbocycles. The molecule has 0 radical (unpaired) electrons. The zero-order valence-electron chi connectivity index (χ0n) is 11.4. The molecule has 4 rings (SSSR count). The van der Waals surface area contributed by atoms with E-state index in [1.165, 1.54) is 6.42 Å². The number of hydrogen-bond donors (Lipinski definition) is 2. The van der Waals surface area contributed by atoms with Crippen molar-refractivity contribution in [2.24, 2.45) is 5.92 Å². The highest BCUT2D eigenvalue weighted by atomic mass is 16.3. The highest BCUT2D eigenvalue weighted by Gasteiger charge is 2.43. The first-order valence-corrected chi connectivity index (χ1v) is 7.38. The van der Waals surface area contributed by atoms with Gasteiger partial charge in [0, 0.05) is 19.0 Å². The molecule has 1 aliphatic heterocycles. The molecule has 1 saturated heterocycles. The maximum atomic E-state index is 10.7. The number of nitrogens with one attached hydrogen (secondary N) is 1. The summed E-state index contributed by atoms with van der Waals surface area (Å²) in [6.07, 6.45) is 8.51. The van der Waals surface area contributed by atoms with Crippen molar-refractivity contribution in [3.63, 3.8) is 0 Å². The summed E-state index contributed by atoms with van der Waals surface area (Å²) in [6, 6.07) is 0. The van der Waals surface area contributed by atoms with Crippen LogP contribution in [0.5, 0.6) is 0 Å². The van der Waals surface area contributed by atoms with E-state index in [-0.39, 0.29) is 0 Å². The third-order valence-corrected chi connectivity index (χ3v) is 4.93. The fourth-order valence-corrected chi connectivity index (χ4v) is 3.76. The van der Waals surface area contributed by atoms with Gasteiger partial charge >= 0.3 is 0 Å². The molecular weight excluding hydrogens is 254 g/mol. The van der Waals surface area contributed by atoms with E-state index in [1.54, 1.807) is 12.7 Å². The normalized spacial score (nSPS) is 30.4. The Balaban J connectivity index is 1.65. The smallest absolute Gasteiger partial charge is 0.182 e. The highest BCUT2D eigenvalue weighted by molar-refractivity contribution is 5.82. The van der Waals surface area contributed by atoms with Gasteiger partial charge < -0.3 is 15.0 Å². The van der Waals surface area contributed by atoms with E-state index < -0.39 is 5.60 Å². The van der Waals surface area contributed by atoms with Gasteiger partial charge in [0.15, 0.2) is 11.5 Å². The van der Waals surface area contributed by atoms with Gasteiger partial charge in [0.05, 0.1) is 11.9 Å². The molecule has 2 N–H and O–H groups in total. The van der Waals surface area contributed by atoms with Crippen LogP contribution in [-0.4, -0.2) is 43.7 Å². The standard InChI is InChI=1S/C14H19N5O/c20-14-4-2-1-3-10(14)7-19(6-5-14)13-11-12(16-8-15-11)17-9-18-13/h8-10,20H,1-7H2,(H,15,16,17,18)/t10-,14-/m0/s1. The van der Waals surface area contributed by atoms with E-state index in [4.69, 9.17) is 0 Å². The molecule has 2 atom stereocenters. The Kier molecular flexibility index (Phi) is 2.66. The number of H-pyrrole nitrogens is 1. The van der Waals surface area contributed by atoms with Gasteiger partial charge in [-0.2, -0.15) is 0 Å². The molecule has 6 nitrogen and oxygen atoms in total. The van der Waals surface area contributed by atoms with Crippen molar-refractivity contribution in [1.82, 2.24) is 19.9 Å². The third kappa shape index (κ3) is 1.78. The molecule has 2 aliphatic rings. The Morgan fingerprint density at radius 2 is 2.20 bits per heavy atom. The van der Waals surface area contributed by atoms with Gasteiger partial charge in [-0.05, 0) is 19.3 Å². The van der Waals surface area contributed by atoms with Crippen molar-refractivity contribution in [2.45, 2.75) is 37.7 Å².